The van der Waals surface area contributed by atoms with Crippen LogP contribution in [0.4, 0.5) is 10.1 Å². The van der Waals surface area contributed by atoms with Gasteiger partial charge in [-0.25, -0.2) is 0 Å². The number of benzene rings is 1. The van der Waals surface area contributed by atoms with Gasteiger partial charge in [0.25, 0.3) is 0 Å². The fraction of sp³-hybridized carbons (Fsp3) is 0.500. The van der Waals surface area contributed by atoms with E-state index in [2.05, 4.69) is 40.5 Å². The van der Waals surface area contributed by atoms with Gasteiger partial charge in [0.2, 0.25) is 0 Å². The maximum atomic E-state index is 9.50. The maximum Gasteiger partial charge on any atom is 0.0785 e. The third-order valence-corrected chi connectivity index (χ3v) is 3.04. The first kappa shape index (κ1) is 10.4. The summed E-state index contributed by atoms with van der Waals surface area (Å²) in [5.41, 5.74) is 1.37. The van der Waals surface area contributed by atoms with Crippen LogP contribution in [0.1, 0.15) is 6.42 Å². The smallest absolute Gasteiger partial charge is 0.0785 e. The Hall–Kier alpha value is -1.09. The molecule has 3 aliphatic rings. The van der Waals surface area contributed by atoms with Crippen LogP contribution in [0.5, 0.6) is 0 Å². The number of rotatable bonds is 1. The molecule has 2 bridgehead atoms. The quantitative estimate of drug-likeness (QED) is 0.757. The average Bonchev–Trinajstić information content (AvgIpc) is 2.32. The number of para-hydroxylation sites is 1. The summed E-state index contributed by atoms with van der Waals surface area (Å²) in [5, 5.41) is 3.54. The van der Waals surface area contributed by atoms with Gasteiger partial charge in [-0.3, -0.25) is 4.39 Å². The van der Waals surface area contributed by atoms with E-state index in [-0.39, 0.29) is 0 Å². The lowest BCUT2D eigenvalue weighted by molar-refractivity contribution is 0.226. The molecule has 1 N–H and O–H groups in total. The summed E-state index contributed by atoms with van der Waals surface area (Å²) in [6.45, 7) is 2.36. The van der Waals surface area contributed by atoms with Crippen molar-refractivity contribution in [2.45, 2.75) is 18.5 Å². The highest BCUT2D eigenvalue weighted by Crippen LogP contribution is 2.25. The molecule has 2 atom stereocenters. The Morgan fingerprint density at radius 2 is 1.67 bits per heavy atom. The summed E-state index contributed by atoms with van der Waals surface area (Å²) in [4.78, 5) is 2.48. The summed E-state index contributed by atoms with van der Waals surface area (Å²) in [6.07, 6.45) is 1.38. The monoisotopic (exact) mass is 208 g/mol. The molecular formula is C12H17FN2. The third kappa shape index (κ3) is 2.12. The van der Waals surface area contributed by atoms with Crippen LogP contribution in [0.15, 0.2) is 30.3 Å². The van der Waals surface area contributed by atoms with Crippen LogP contribution in [0.25, 0.3) is 0 Å². The molecule has 3 fully saturated rings. The molecule has 3 heterocycles. The highest BCUT2D eigenvalue weighted by Gasteiger charge is 2.36. The molecule has 4 rings (SSSR count). The molecular weight excluding hydrogens is 191 g/mol. The van der Waals surface area contributed by atoms with Crippen LogP contribution in [0, 0.1) is 0 Å². The second-order valence-corrected chi connectivity index (χ2v) is 4.04. The van der Waals surface area contributed by atoms with Gasteiger partial charge >= 0.3 is 0 Å². The van der Waals surface area contributed by atoms with Crippen molar-refractivity contribution < 1.29 is 4.39 Å². The number of piperazine rings is 1. The Balaban J connectivity index is 0.000000404. The molecule has 0 amide bonds. The summed E-state index contributed by atoms with van der Waals surface area (Å²) in [5.74, 6) is 0. The molecule has 0 saturated carbocycles. The molecule has 1 aromatic rings. The maximum absolute atomic E-state index is 9.50. The van der Waals surface area contributed by atoms with Gasteiger partial charge in [0.15, 0.2) is 0 Å². The number of halogens is 1. The van der Waals surface area contributed by atoms with E-state index in [9.17, 15) is 4.39 Å². The van der Waals surface area contributed by atoms with E-state index in [4.69, 9.17) is 0 Å². The van der Waals surface area contributed by atoms with Crippen LogP contribution >= 0.6 is 0 Å². The van der Waals surface area contributed by atoms with Crippen molar-refractivity contribution in [3.8, 4) is 0 Å². The zero-order valence-corrected chi connectivity index (χ0v) is 8.99. The van der Waals surface area contributed by atoms with Gasteiger partial charge < -0.3 is 10.2 Å². The number of alkyl halides is 1. The van der Waals surface area contributed by atoms with E-state index in [1.807, 2.05) is 0 Å². The molecule has 3 heteroatoms. The molecule has 3 saturated heterocycles. The second-order valence-electron chi connectivity index (χ2n) is 4.04. The summed E-state index contributed by atoms with van der Waals surface area (Å²) >= 11 is 0. The van der Waals surface area contributed by atoms with E-state index >= 15 is 0 Å². The van der Waals surface area contributed by atoms with Crippen molar-refractivity contribution in [2.24, 2.45) is 0 Å². The minimum atomic E-state index is 0.500. The van der Waals surface area contributed by atoms with Gasteiger partial charge in [-0.1, -0.05) is 18.2 Å². The van der Waals surface area contributed by atoms with Gasteiger partial charge in [0.1, 0.15) is 0 Å². The fourth-order valence-electron chi connectivity index (χ4n) is 2.36. The lowest BCUT2D eigenvalue weighted by Gasteiger charge is -2.49. The van der Waals surface area contributed by atoms with E-state index in [1.54, 1.807) is 0 Å². The summed E-state index contributed by atoms with van der Waals surface area (Å²) in [6, 6.07) is 12.2. The first-order chi connectivity index (χ1) is 7.42. The lowest BCUT2D eigenvalue weighted by atomic mass is 9.91. The van der Waals surface area contributed by atoms with E-state index < -0.39 is 0 Å². The first-order valence-electron chi connectivity index (χ1n) is 5.36. The van der Waals surface area contributed by atoms with Gasteiger partial charge in [0, 0.05) is 30.9 Å². The molecule has 15 heavy (non-hydrogen) atoms. The number of nitrogens with zero attached hydrogens (tertiary/aromatic N) is 1. The molecule has 0 spiro atoms. The highest BCUT2D eigenvalue weighted by molar-refractivity contribution is 5.47. The van der Waals surface area contributed by atoms with Crippen LogP contribution < -0.4 is 10.2 Å². The Morgan fingerprint density at radius 3 is 2.20 bits per heavy atom. The minimum Gasteiger partial charge on any atom is -0.368 e. The largest absolute Gasteiger partial charge is 0.368 e. The third-order valence-electron chi connectivity index (χ3n) is 3.04. The zero-order valence-electron chi connectivity index (χ0n) is 8.99. The summed E-state index contributed by atoms with van der Waals surface area (Å²) in [7, 11) is 0.500. The van der Waals surface area contributed by atoms with Crippen molar-refractivity contribution >= 4 is 5.69 Å². The number of anilines is 1. The normalized spacial score (nSPS) is 27.5. The fourth-order valence-corrected chi connectivity index (χ4v) is 2.36. The van der Waals surface area contributed by atoms with Crippen LogP contribution in [0.2, 0.25) is 0 Å². The van der Waals surface area contributed by atoms with Crippen molar-refractivity contribution in [1.82, 2.24) is 5.32 Å². The molecule has 82 valence electrons. The van der Waals surface area contributed by atoms with Crippen molar-refractivity contribution in [3.05, 3.63) is 30.3 Å². The zero-order chi connectivity index (χ0) is 10.7. The number of fused-ring (bicyclic) bond motifs is 2. The molecule has 1 aromatic carbocycles. The molecule has 0 radical (unpaired) electrons. The van der Waals surface area contributed by atoms with E-state index in [0.717, 1.165) is 12.1 Å². The first-order valence-corrected chi connectivity index (χ1v) is 5.36. The molecule has 3 aliphatic heterocycles. The number of hydrogen-bond acceptors (Lipinski definition) is 2. The Bertz CT molecular complexity index is 286. The van der Waals surface area contributed by atoms with E-state index in [0.29, 0.717) is 7.18 Å². The Kier molecular flexibility index (Phi) is 3.21. The lowest BCUT2D eigenvalue weighted by Crippen LogP contribution is -2.67. The molecule has 2 nitrogen and oxygen atoms in total. The predicted molar refractivity (Wildman–Crippen MR) is 61.0 cm³/mol. The number of nitrogens with one attached hydrogen (secondary N) is 1. The van der Waals surface area contributed by atoms with Crippen LogP contribution in [-0.2, 0) is 0 Å². The van der Waals surface area contributed by atoms with E-state index in [1.165, 1.54) is 25.2 Å². The second kappa shape index (κ2) is 4.62. The number of hydrogen-bond donors (Lipinski definition) is 1. The van der Waals surface area contributed by atoms with Crippen LogP contribution in [-0.4, -0.2) is 32.4 Å². The molecule has 2 unspecified atom stereocenters. The topological polar surface area (TPSA) is 15.3 Å². The molecule has 0 aromatic heterocycles. The number of piperidine rings is 1. The minimum absolute atomic E-state index is 0.500. The van der Waals surface area contributed by atoms with Crippen LogP contribution in [0.3, 0.4) is 0 Å². The summed E-state index contributed by atoms with van der Waals surface area (Å²) < 4.78 is 9.50. The van der Waals surface area contributed by atoms with Gasteiger partial charge in [-0.05, 0) is 18.6 Å². The SMILES string of the molecule is CF.c1ccc(N2CC3CC(C2)N3)cc1. The predicted octanol–water partition coefficient (Wildman–Crippen LogP) is 1.82. The Morgan fingerprint density at radius 1 is 1.13 bits per heavy atom. The average molecular weight is 208 g/mol. The van der Waals surface area contributed by atoms with Gasteiger partial charge in [0.05, 0.1) is 7.18 Å². The molecule has 0 aliphatic carbocycles. The van der Waals surface area contributed by atoms with Crippen molar-refractivity contribution in [1.29, 1.82) is 0 Å². The highest BCUT2D eigenvalue weighted by atomic mass is 19.1. The van der Waals surface area contributed by atoms with Crippen molar-refractivity contribution in [3.63, 3.8) is 0 Å². The standard InChI is InChI=1S/C11H14N2.CH3F/c1-2-4-11(5-3-1)13-7-9-6-10(8-13)12-9;1-2/h1-5,9-10,12H,6-8H2;1H3. The Labute approximate surface area is 90.1 Å². The van der Waals surface area contributed by atoms with Gasteiger partial charge in [-0.15, -0.1) is 0 Å². The van der Waals surface area contributed by atoms with Crippen molar-refractivity contribution in [2.75, 3.05) is 25.2 Å². The van der Waals surface area contributed by atoms with Gasteiger partial charge in [-0.2, -0.15) is 0 Å².